The lowest BCUT2D eigenvalue weighted by atomic mass is 10.1. The van der Waals surface area contributed by atoms with Crippen molar-refractivity contribution in [1.82, 2.24) is 20.2 Å². The summed E-state index contributed by atoms with van der Waals surface area (Å²) in [5, 5.41) is 7.09. The fourth-order valence-corrected chi connectivity index (χ4v) is 4.26. The number of aryl methyl sites for hydroxylation is 1. The molecule has 0 unspecified atom stereocenters. The molecule has 0 amide bonds. The van der Waals surface area contributed by atoms with Gasteiger partial charge in [0.15, 0.2) is 0 Å². The number of rotatable bonds is 3. The van der Waals surface area contributed by atoms with Crippen molar-refractivity contribution in [3.63, 3.8) is 0 Å². The second kappa shape index (κ2) is 7.28. The van der Waals surface area contributed by atoms with E-state index in [-0.39, 0.29) is 10.8 Å². The maximum atomic E-state index is 13.6. The van der Waals surface area contributed by atoms with E-state index in [1.807, 2.05) is 11.8 Å². The van der Waals surface area contributed by atoms with Crippen molar-refractivity contribution in [3.05, 3.63) is 68.7 Å². The summed E-state index contributed by atoms with van der Waals surface area (Å²) in [6.45, 7) is 3.10. The summed E-state index contributed by atoms with van der Waals surface area (Å²) >= 11 is 7.57. The van der Waals surface area contributed by atoms with Crippen LogP contribution in [0.3, 0.4) is 0 Å². The highest BCUT2D eigenvalue weighted by Crippen LogP contribution is 2.35. The topological polar surface area (TPSA) is 74.8 Å². The van der Waals surface area contributed by atoms with Crippen molar-refractivity contribution < 1.29 is 4.39 Å². The maximum Gasteiger partial charge on any atom is 0.285 e. The van der Waals surface area contributed by atoms with Gasteiger partial charge in [0.05, 0.1) is 24.1 Å². The summed E-state index contributed by atoms with van der Waals surface area (Å²) in [5.74, 6) is -0.270. The minimum Gasteiger partial charge on any atom is -0.363 e. The summed E-state index contributed by atoms with van der Waals surface area (Å²) in [5.41, 5.74) is 3.06. The monoisotopic (exact) mass is 403 g/mol. The fraction of sp³-hybridized carbons (Fsp3) is 0.222. The van der Waals surface area contributed by atoms with Crippen molar-refractivity contribution in [2.45, 2.75) is 29.8 Å². The Morgan fingerprint density at radius 2 is 2.19 bits per heavy atom. The third-order valence-corrected chi connectivity index (χ3v) is 6.01. The minimum atomic E-state index is -0.416. The molecule has 0 spiro atoms. The van der Waals surface area contributed by atoms with E-state index in [9.17, 15) is 9.18 Å². The molecular formula is C18H15ClFN5OS. The first-order valence-corrected chi connectivity index (χ1v) is 9.47. The molecule has 0 saturated heterocycles. The molecule has 9 heteroatoms. The molecule has 27 heavy (non-hydrogen) atoms. The molecule has 6 nitrogen and oxygen atoms in total. The van der Waals surface area contributed by atoms with Gasteiger partial charge in [-0.3, -0.25) is 4.79 Å². The standard InChI is InChI=1S/C18H15ClFN5OS/c1-10-2-3-11(20)6-15(10)27-18-12-4-5-25(8-13(12)21-9-22-18)14-7-23-24-17(26)16(14)19/h2-3,6-7,9H,4-5,8H2,1H3,(H,24,26). The van der Waals surface area contributed by atoms with Crippen LogP contribution in [0, 0.1) is 12.7 Å². The highest BCUT2D eigenvalue weighted by molar-refractivity contribution is 7.99. The summed E-state index contributed by atoms with van der Waals surface area (Å²) in [7, 11) is 0. The number of hydrogen-bond donors (Lipinski definition) is 1. The number of anilines is 1. The summed E-state index contributed by atoms with van der Waals surface area (Å²) in [4.78, 5) is 23.3. The quantitative estimate of drug-likeness (QED) is 0.676. The average Bonchev–Trinajstić information content (AvgIpc) is 2.67. The van der Waals surface area contributed by atoms with Gasteiger partial charge in [-0.2, -0.15) is 5.10 Å². The highest BCUT2D eigenvalue weighted by Gasteiger charge is 2.24. The molecular weight excluding hydrogens is 389 g/mol. The van der Waals surface area contributed by atoms with Crippen LogP contribution in [0.1, 0.15) is 16.8 Å². The summed E-state index contributed by atoms with van der Waals surface area (Å²) in [6.07, 6.45) is 3.74. The van der Waals surface area contributed by atoms with Crippen molar-refractivity contribution in [3.8, 4) is 0 Å². The Hall–Kier alpha value is -2.45. The molecule has 0 aliphatic carbocycles. The van der Waals surface area contributed by atoms with E-state index < -0.39 is 5.56 Å². The van der Waals surface area contributed by atoms with E-state index in [0.717, 1.165) is 26.7 Å². The van der Waals surface area contributed by atoms with Crippen LogP contribution in [0.25, 0.3) is 0 Å². The van der Waals surface area contributed by atoms with Crippen LogP contribution in [-0.2, 0) is 13.0 Å². The summed E-state index contributed by atoms with van der Waals surface area (Å²) in [6, 6.07) is 4.73. The van der Waals surface area contributed by atoms with Crippen LogP contribution in [0.2, 0.25) is 5.02 Å². The van der Waals surface area contributed by atoms with Crippen LogP contribution >= 0.6 is 23.4 Å². The van der Waals surface area contributed by atoms with Crippen LogP contribution < -0.4 is 10.5 Å². The van der Waals surface area contributed by atoms with Crippen LogP contribution in [0.5, 0.6) is 0 Å². The molecule has 1 aliphatic heterocycles. The predicted molar refractivity (Wildman–Crippen MR) is 102 cm³/mol. The lowest BCUT2D eigenvalue weighted by Gasteiger charge is -2.30. The van der Waals surface area contributed by atoms with Gasteiger partial charge in [0.1, 0.15) is 22.2 Å². The second-order valence-electron chi connectivity index (χ2n) is 6.19. The van der Waals surface area contributed by atoms with Crippen molar-refractivity contribution in [2.24, 2.45) is 0 Å². The number of H-pyrrole nitrogens is 1. The third-order valence-electron chi connectivity index (χ3n) is 4.44. The molecule has 1 aromatic carbocycles. The van der Waals surface area contributed by atoms with E-state index in [1.54, 1.807) is 12.3 Å². The molecule has 0 radical (unpaired) electrons. The van der Waals surface area contributed by atoms with E-state index in [4.69, 9.17) is 11.6 Å². The number of benzene rings is 1. The molecule has 2 aromatic heterocycles. The van der Waals surface area contributed by atoms with Gasteiger partial charge in [-0.05, 0) is 31.0 Å². The zero-order valence-corrected chi connectivity index (χ0v) is 15.9. The Morgan fingerprint density at radius 3 is 3.04 bits per heavy atom. The minimum absolute atomic E-state index is 0.118. The second-order valence-corrected chi connectivity index (χ2v) is 7.59. The van der Waals surface area contributed by atoms with Crippen LogP contribution in [0.15, 0.2) is 45.4 Å². The van der Waals surface area contributed by atoms with Gasteiger partial charge in [0.25, 0.3) is 5.56 Å². The Balaban J connectivity index is 1.65. The molecule has 0 saturated carbocycles. The lowest BCUT2D eigenvalue weighted by molar-refractivity contribution is 0.623. The van der Waals surface area contributed by atoms with Gasteiger partial charge in [0.2, 0.25) is 0 Å². The first-order valence-electron chi connectivity index (χ1n) is 8.28. The number of halogens is 2. The van der Waals surface area contributed by atoms with E-state index in [1.165, 1.54) is 30.2 Å². The molecule has 1 N–H and O–H groups in total. The van der Waals surface area contributed by atoms with Crippen molar-refractivity contribution in [2.75, 3.05) is 11.4 Å². The number of fused-ring (bicyclic) bond motifs is 1. The number of aromatic amines is 1. The third kappa shape index (κ3) is 3.54. The number of nitrogens with one attached hydrogen (secondary N) is 1. The Labute approximate surface area is 163 Å². The molecule has 4 rings (SSSR count). The molecule has 0 bridgehead atoms. The van der Waals surface area contributed by atoms with E-state index >= 15 is 0 Å². The molecule has 0 atom stereocenters. The van der Waals surface area contributed by atoms with Gasteiger partial charge in [-0.1, -0.05) is 29.4 Å². The van der Waals surface area contributed by atoms with Crippen LogP contribution in [0.4, 0.5) is 10.1 Å². The molecule has 138 valence electrons. The first kappa shape index (κ1) is 17.9. The Morgan fingerprint density at radius 1 is 1.33 bits per heavy atom. The van der Waals surface area contributed by atoms with Crippen molar-refractivity contribution in [1.29, 1.82) is 0 Å². The van der Waals surface area contributed by atoms with E-state index in [2.05, 4.69) is 20.2 Å². The zero-order chi connectivity index (χ0) is 19.0. The van der Waals surface area contributed by atoms with Gasteiger partial charge >= 0.3 is 0 Å². The van der Waals surface area contributed by atoms with Gasteiger partial charge < -0.3 is 4.90 Å². The van der Waals surface area contributed by atoms with Gasteiger partial charge in [-0.15, -0.1) is 0 Å². The van der Waals surface area contributed by atoms with Crippen molar-refractivity contribution >= 4 is 29.1 Å². The molecule has 3 aromatic rings. The van der Waals surface area contributed by atoms with Gasteiger partial charge in [-0.25, -0.2) is 19.5 Å². The molecule has 0 fully saturated rings. The average molecular weight is 404 g/mol. The highest BCUT2D eigenvalue weighted by atomic mass is 35.5. The first-order chi connectivity index (χ1) is 13.0. The Bertz CT molecular complexity index is 1070. The number of aromatic nitrogens is 4. The smallest absolute Gasteiger partial charge is 0.285 e. The SMILES string of the molecule is Cc1ccc(F)cc1Sc1ncnc2c1CCN(c1cn[nH]c(=O)c1Cl)C2. The predicted octanol–water partition coefficient (Wildman–Crippen LogP) is 3.37. The maximum absolute atomic E-state index is 13.6. The fourth-order valence-electron chi connectivity index (χ4n) is 3.00. The van der Waals surface area contributed by atoms with Crippen LogP contribution in [-0.4, -0.2) is 26.7 Å². The van der Waals surface area contributed by atoms with E-state index in [0.29, 0.717) is 25.2 Å². The number of hydrogen-bond acceptors (Lipinski definition) is 6. The molecule has 3 heterocycles. The van der Waals surface area contributed by atoms with Gasteiger partial charge in [0, 0.05) is 17.0 Å². The Kier molecular flexibility index (Phi) is 4.84. The normalized spacial score (nSPS) is 13.5. The number of nitrogens with zero attached hydrogens (tertiary/aromatic N) is 4. The lowest BCUT2D eigenvalue weighted by Crippen LogP contribution is -2.33. The zero-order valence-electron chi connectivity index (χ0n) is 14.4. The molecule has 1 aliphatic rings. The summed E-state index contributed by atoms with van der Waals surface area (Å²) < 4.78 is 13.6. The largest absolute Gasteiger partial charge is 0.363 e.